The van der Waals surface area contributed by atoms with Crippen LogP contribution in [0.25, 0.3) is 0 Å². The lowest BCUT2D eigenvalue weighted by atomic mass is 10.0. The van der Waals surface area contributed by atoms with Crippen molar-refractivity contribution in [2.45, 2.75) is 18.0 Å². The molecule has 2 atom stereocenters. The highest BCUT2D eigenvalue weighted by molar-refractivity contribution is 8.00. The van der Waals surface area contributed by atoms with Gasteiger partial charge in [-0.2, -0.15) is 0 Å². The van der Waals surface area contributed by atoms with Crippen LogP contribution in [-0.4, -0.2) is 46.9 Å². The summed E-state index contributed by atoms with van der Waals surface area (Å²) < 4.78 is 10.5. The highest BCUT2D eigenvalue weighted by Crippen LogP contribution is 2.40. The number of hydrogen-bond acceptors (Lipinski definition) is 6. The average Bonchev–Trinajstić information content (AvgIpc) is 2.64. The van der Waals surface area contributed by atoms with E-state index in [1.54, 1.807) is 19.2 Å². The van der Waals surface area contributed by atoms with Crippen molar-refractivity contribution < 1.29 is 19.1 Å². The predicted molar refractivity (Wildman–Crippen MR) is 91.6 cm³/mol. The molecule has 0 radical (unpaired) electrons. The van der Waals surface area contributed by atoms with Gasteiger partial charge >= 0.3 is 5.97 Å². The first-order chi connectivity index (χ1) is 11.6. The van der Waals surface area contributed by atoms with Crippen LogP contribution in [0.3, 0.4) is 0 Å². The van der Waals surface area contributed by atoms with E-state index in [0.717, 1.165) is 11.3 Å². The molecule has 1 amide bonds. The number of carbonyl (C=O) groups is 2. The Balaban J connectivity index is 1.72. The average molecular weight is 369 g/mol. The first kappa shape index (κ1) is 17.1. The Kier molecular flexibility index (Phi) is 5.03. The van der Waals surface area contributed by atoms with Crippen molar-refractivity contribution in [2.24, 2.45) is 5.73 Å². The lowest BCUT2D eigenvalue weighted by Crippen LogP contribution is -2.68. The molecule has 2 aliphatic heterocycles. The first-order valence-electron chi connectivity index (χ1n) is 7.35. The van der Waals surface area contributed by atoms with Crippen LogP contribution in [0.15, 0.2) is 35.5 Å². The molecule has 1 aromatic rings. The molecule has 0 aliphatic carbocycles. The lowest BCUT2D eigenvalue weighted by molar-refractivity contribution is -0.151. The Labute approximate surface area is 148 Å². The van der Waals surface area contributed by atoms with Crippen LogP contribution in [0.2, 0.25) is 0 Å². The number of esters is 1. The van der Waals surface area contributed by atoms with E-state index in [-0.39, 0.29) is 29.5 Å². The highest BCUT2D eigenvalue weighted by Gasteiger charge is 2.51. The maximum atomic E-state index is 12.5. The zero-order chi connectivity index (χ0) is 17.3. The molecule has 8 heteroatoms. The zero-order valence-corrected chi connectivity index (χ0v) is 14.6. The standard InChI is InChI=1S/C16H17ClN2O4S/c1-22-11-4-2-9(3-5-11)7-23-16(21)13-10(6-17)8-24-15-12(18)14(20)19(13)15/h2-5,12,15H,6-8,18H2,1H3/t12?,15-/m1/s1. The number of fused-ring (bicyclic) bond motifs is 1. The number of rotatable bonds is 5. The molecule has 6 nitrogen and oxygen atoms in total. The number of ether oxygens (including phenoxy) is 2. The number of alkyl halides is 1. The normalized spacial score (nSPS) is 22.8. The minimum Gasteiger partial charge on any atom is -0.497 e. The number of methoxy groups -OCH3 is 1. The van der Waals surface area contributed by atoms with E-state index >= 15 is 0 Å². The fourth-order valence-corrected chi connectivity index (χ4v) is 4.24. The summed E-state index contributed by atoms with van der Waals surface area (Å²) in [5.74, 6) is 0.646. The number of carbonyl (C=O) groups excluding carboxylic acids is 2. The number of amides is 1. The summed E-state index contributed by atoms with van der Waals surface area (Å²) in [4.78, 5) is 25.9. The number of β-lactam (4-membered cyclic amide) rings is 1. The molecular weight excluding hydrogens is 352 g/mol. The maximum Gasteiger partial charge on any atom is 0.355 e. The maximum absolute atomic E-state index is 12.5. The van der Waals surface area contributed by atoms with E-state index in [0.29, 0.717) is 11.3 Å². The van der Waals surface area contributed by atoms with Crippen molar-refractivity contribution >= 4 is 35.2 Å². The van der Waals surface area contributed by atoms with Gasteiger partial charge in [0.2, 0.25) is 5.91 Å². The van der Waals surface area contributed by atoms with Gasteiger partial charge in [-0.15, -0.1) is 23.4 Å². The van der Waals surface area contributed by atoms with Crippen LogP contribution < -0.4 is 10.5 Å². The van der Waals surface area contributed by atoms with Gasteiger partial charge in [0.1, 0.15) is 29.5 Å². The summed E-state index contributed by atoms with van der Waals surface area (Å²) in [6, 6.07) is 6.63. The molecular formula is C16H17ClN2O4S. The molecule has 128 valence electrons. The summed E-state index contributed by atoms with van der Waals surface area (Å²) in [5, 5.41) is -0.215. The number of thioether (sulfide) groups is 1. The number of benzene rings is 1. The summed E-state index contributed by atoms with van der Waals surface area (Å²) in [6.45, 7) is 0.105. The third-order valence-corrected chi connectivity index (χ3v) is 5.66. The lowest BCUT2D eigenvalue weighted by Gasteiger charge is -2.48. The molecule has 0 saturated carbocycles. The van der Waals surface area contributed by atoms with Gasteiger partial charge in [-0.3, -0.25) is 9.69 Å². The van der Waals surface area contributed by atoms with Crippen molar-refractivity contribution in [3.05, 3.63) is 41.1 Å². The topological polar surface area (TPSA) is 81.9 Å². The van der Waals surface area contributed by atoms with Gasteiger partial charge in [0, 0.05) is 11.6 Å². The van der Waals surface area contributed by atoms with E-state index in [1.165, 1.54) is 16.7 Å². The monoisotopic (exact) mass is 368 g/mol. The molecule has 0 bridgehead atoms. The molecule has 1 saturated heterocycles. The summed E-state index contributed by atoms with van der Waals surface area (Å²) >= 11 is 7.44. The SMILES string of the molecule is COc1ccc(COC(=O)C2=C(CCl)CS[C@@H]3C(N)C(=O)N23)cc1. The second-order valence-electron chi connectivity index (χ2n) is 5.45. The molecule has 2 aliphatic rings. The Morgan fingerprint density at radius 3 is 2.75 bits per heavy atom. The second-order valence-corrected chi connectivity index (χ2v) is 6.82. The summed E-state index contributed by atoms with van der Waals surface area (Å²) in [5.41, 5.74) is 7.55. The quantitative estimate of drug-likeness (QED) is 0.481. The molecule has 2 N–H and O–H groups in total. The van der Waals surface area contributed by atoms with Crippen molar-refractivity contribution in [1.82, 2.24) is 4.90 Å². The van der Waals surface area contributed by atoms with Gasteiger partial charge in [-0.25, -0.2) is 4.79 Å². The second kappa shape index (κ2) is 7.04. The summed E-state index contributed by atoms with van der Waals surface area (Å²) in [7, 11) is 1.58. The van der Waals surface area contributed by atoms with E-state index < -0.39 is 12.0 Å². The molecule has 2 heterocycles. The van der Waals surface area contributed by atoms with Gasteiger partial charge in [-0.05, 0) is 23.3 Å². The van der Waals surface area contributed by atoms with Crippen molar-refractivity contribution in [3.8, 4) is 5.75 Å². The van der Waals surface area contributed by atoms with Crippen molar-refractivity contribution in [1.29, 1.82) is 0 Å². The van der Waals surface area contributed by atoms with E-state index in [1.807, 2.05) is 12.1 Å². The fraction of sp³-hybridized carbons (Fsp3) is 0.375. The molecule has 1 unspecified atom stereocenters. The van der Waals surface area contributed by atoms with Gasteiger partial charge in [0.25, 0.3) is 0 Å². The Hall–Kier alpha value is -1.70. The highest BCUT2D eigenvalue weighted by atomic mass is 35.5. The number of nitrogens with zero attached hydrogens (tertiary/aromatic N) is 1. The minimum absolute atomic E-state index is 0.105. The minimum atomic E-state index is -0.573. The Morgan fingerprint density at radius 1 is 1.42 bits per heavy atom. The third kappa shape index (κ3) is 2.99. The summed E-state index contributed by atoms with van der Waals surface area (Å²) in [6.07, 6.45) is 0. The third-order valence-electron chi connectivity index (χ3n) is 3.97. The van der Waals surface area contributed by atoms with Crippen LogP contribution in [0, 0.1) is 0 Å². The van der Waals surface area contributed by atoms with Gasteiger partial charge in [-0.1, -0.05) is 12.1 Å². The Bertz CT molecular complexity index is 692. The van der Waals surface area contributed by atoms with Crippen LogP contribution >= 0.6 is 23.4 Å². The molecule has 1 aromatic carbocycles. The first-order valence-corrected chi connectivity index (χ1v) is 8.93. The van der Waals surface area contributed by atoms with Crippen LogP contribution in [-0.2, 0) is 20.9 Å². The van der Waals surface area contributed by atoms with Crippen molar-refractivity contribution in [3.63, 3.8) is 0 Å². The Morgan fingerprint density at radius 2 is 2.12 bits per heavy atom. The largest absolute Gasteiger partial charge is 0.497 e. The van der Waals surface area contributed by atoms with Crippen LogP contribution in [0.5, 0.6) is 5.75 Å². The van der Waals surface area contributed by atoms with Gasteiger partial charge < -0.3 is 15.2 Å². The smallest absolute Gasteiger partial charge is 0.355 e. The fourth-order valence-electron chi connectivity index (χ4n) is 2.61. The number of hydrogen-bond donors (Lipinski definition) is 1. The van der Waals surface area contributed by atoms with E-state index in [4.69, 9.17) is 26.8 Å². The molecule has 3 rings (SSSR count). The van der Waals surface area contributed by atoms with Crippen molar-refractivity contribution in [2.75, 3.05) is 18.7 Å². The van der Waals surface area contributed by atoms with Gasteiger partial charge in [0.05, 0.1) is 7.11 Å². The predicted octanol–water partition coefficient (Wildman–Crippen LogP) is 1.47. The van der Waals surface area contributed by atoms with Gasteiger partial charge in [0.15, 0.2) is 0 Å². The molecule has 24 heavy (non-hydrogen) atoms. The molecule has 0 aromatic heterocycles. The molecule has 1 fully saturated rings. The number of halogens is 1. The van der Waals surface area contributed by atoms with E-state index in [2.05, 4.69) is 0 Å². The number of nitrogens with two attached hydrogens (primary N) is 1. The van der Waals surface area contributed by atoms with Crippen LogP contribution in [0.1, 0.15) is 5.56 Å². The molecule has 0 spiro atoms. The zero-order valence-electron chi connectivity index (χ0n) is 13.0. The van der Waals surface area contributed by atoms with Crippen LogP contribution in [0.4, 0.5) is 0 Å². The van der Waals surface area contributed by atoms with E-state index in [9.17, 15) is 9.59 Å².